The van der Waals surface area contributed by atoms with Gasteiger partial charge in [0.1, 0.15) is 0 Å². The van der Waals surface area contributed by atoms with Crippen LogP contribution >= 0.6 is 11.8 Å². The van der Waals surface area contributed by atoms with Gasteiger partial charge in [-0.1, -0.05) is 86.5 Å². The predicted molar refractivity (Wildman–Crippen MR) is 151 cm³/mol. The summed E-state index contributed by atoms with van der Waals surface area (Å²) >= 11 is 1.61. The molecule has 1 aliphatic carbocycles. The van der Waals surface area contributed by atoms with Gasteiger partial charge in [-0.2, -0.15) is 0 Å². The molecule has 1 unspecified atom stereocenters. The van der Waals surface area contributed by atoms with Crippen LogP contribution in [0.3, 0.4) is 0 Å². The number of anilines is 1. The van der Waals surface area contributed by atoms with Crippen molar-refractivity contribution in [2.75, 3.05) is 11.4 Å². The Bertz CT molecular complexity index is 1160. The van der Waals surface area contributed by atoms with Gasteiger partial charge in [-0.25, -0.2) is 4.79 Å². The van der Waals surface area contributed by atoms with E-state index in [0.717, 1.165) is 40.3 Å². The maximum atomic E-state index is 13.4. The van der Waals surface area contributed by atoms with Crippen molar-refractivity contribution in [1.82, 2.24) is 5.32 Å². The molecule has 0 aromatic heterocycles. The first-order valence-electron chi connectivity index (χ1n) is 13.3. The van der Waals surface area contributed by atoms with Crippen molar-refractivity contribution in [1.29, 1.82) is 0 Å². The highest BCUT2D eigenvalue weighted by Gasteiger charge is 2.22. The summed E-state index contributed by atoms with van der Waals surface area (Å²) in [5.41, 5.74) is 2.90. The molecule has 0 aliphatic heterocycles. The van der Waals surface area contributed by atoms with Crippen LogP contribution in [0.2, 0.25) is 0 Å². The summed E-state index contributed by atoms with van der Waals surface area (Å²) < 4.78 is 0. The number of aliphatic carboxylic acids is 1. The van der Waals surface area contributed by atoms with Crippen molar-refractivity contribution in [2.45, 2.75) is 73.6 Å². The Morgan fingerprint density at radius 2 is 1.68 bits per heavy atom. The second-order valence-corrected chi connectivity index (χ2v) is 10.8. The van der Waals surface area contributed by atoms with Gasteiger partial charge in [0.25, 0.3) is 0 Å². The quantitative estimate of drug-likeness (QED) is 0.293. The second-order valence-electron chi connectivity index (χ2n) is 9.64. The summed E-state index contributed by atoms with van der Waals surface area (Å²) in [6, 6.07) is 26.3. The molecule has 0 heterocycles. The maximum absolute atomic E-state index is 13.4. The zero-order valence-corrected chi connectivity index (χ0v) is 22.3. The summed E-state index contributed by atoms with van der Waals surface area (Å²) in [6.45, 7) is 2.49. The Morgan fingerprint density at radius 1 is 0.946 bits per heavy atom. The minimum Gasteiger partial charge on any atom is -0.481 e. The molecule has 0 bridgehead atoms. The lowest BCUT2D eigenvalue weighted by molar-refractivity contribution is -0.138. The summed E-state index contributed by atoms with van der Waals surface area (Å²) in [7, 11) is 0. The Hall–Kier alpha value is -3.25. The molecule has 5 nitrogen and oxygen atoms in total. The third-order valence-corrected chi connectivity index (χ3v) is 8.00. The molecule has 2 amide bonds. The van der Waals surface area contributed by atoms with Gasteiger partial charge >= 0.3 is 12.0 Å². The van der Waals surface area contributed by atoms with Crippen LogP contribution in [0, 0.1) is 0 Å². The molecule has 4 rings (SSSR count). The number of carboxylic acids is 1. The Balaban J connectivity index is 1.50. The minimum absolute atomic E-state index is 0.0337. The summed E-state index contributed by atoms with van der Waals surface area (Å²) in [4.78, 5) is 28.9. The lowest BCUT2D eigenvalue weighted by atomic mass is 9.96. The largest absolute Gasteiger partial charge is 0.481 e. The van der Waals surface area contributed by atoms with Gasteiger partial charge in [-0.15, -0.1) is 0 Å². The summed E-state index contributed by atoms with van der Waals surface area (Å²) in [5.74, 6) is -1.28. The highest BCUT2D eigenvalue weighted by Crippen LogP contribution is 2.32. The van der Waals surface area contributed by atoms with Gasteiger partial charge in [0.2, 0.25) is 0 Å². The van der Waals surface area contributed by atoms with Crippen LogP contribution in [0.4, 0.5) is 10.5 Å². The number of carbonyl (C=O) groups is 2. The Labute approximate surface area is 224 Å². The van der Waals surface area contributed by atoms with Gasteiger partial charge in [0, 0.05) is 28.1 Å². The smallest absolute Gasteiger partial charge is 0.322 e. The minimum atomic E-state index is -0.794. The zero-order valence-electron chi connectivity index (χ0n) is 21.4. The maximum Gasteiger partial charge on any atom is 0.322 e. The first-order valence-corrected chi connectivity index (χ1v) is 14.1. The molecule has 1 aliphatic rings. The highest BCUT2D eigenvalue weighted by atomic mass is 32.2. The fourth-order valence-corrected chi connectivity index (χ4v) is 5.78. The van der Waals surface area contributed by atoms with Crippen LogP contribution in [-0.2, 0) is 11.2 Å². The molecule has 1 atom stereocenters. The molecular formula is C31H36N2O3S. The molecule has 37 heavy (non-hydrogen) atoms. The molecule has 2 N–H and O–H groups in total. The SMILES string of the molecule is CCC(C(=O)O)c1ccc(Sc2cccc(N(CCc3ccccc3)C(=O)NC3CCCCC3)c2)cc1. The summed E-state index contributed by atoms with van der Waals surface area (Å²) in [5, 5.41) is 12.7. The van der Waals surface area contributed by atoms with Gasteiger partial charge < -0.3 is 10.4 Å². The molecule has 1 saturated carbocycles. The monoisotopic (exact) mass is 516 g/mol. The molecule has 194 valence electrons. The molecule has 6 heteroatoms. The zero-order chi connectivity index (χ0) is 26.0. The number of urea groups is 1. The van der Waals surface area contributed by atoms with Gasteiger partial charge in [-0.3, -0.25) is 9.69 Å². The number of hydrogen-bond acceptors (Lipinski definition) is 3. The molecule has 0 saturated heterocycles. The van der Waals surface area contributed by atoms with E-state index in [4.69, 9.17) is 0 Å². The number of rotatable bonds is 10. The average Bonchev–Trinajstić information content (AvgIpc) is 2.91. The van der Waals surface area contributed by atoms with Crippen LogP contribution in [0.1, 0.15) is 62.5 Å². The van der Waals surface area contributed by atoms with Crippen LogP contribution in [0.15, 0.2) is 88.7 Å². The molecule has 3 aromatic carbocycles. The third-order valence-electron chi connectivity index (χ3n) is 7.00. The van der Waals surface area contributed by atoms with E-state index in [1.807, 2.05) is 72.5 Å². The number of nitrogens with one attached hydrogen (secondary N) is 1. The van der Waals surface area contributed by atoms with Crippen molar-refractivity contribution < 1.29 is 14.7 Å². The third kappa shape index (κ3) is 7.62. The van der Waals surface area contributed by atoms with E-state index in [0.29, 0.717) is 13.0 Å². The molecular weight excluding hydrogens is 480 g/mol. The van der Waals surface area contributed by atoms with Gasteiger partial charge in [0.05, 0.1) is 5.92 Å². The first-order chi connectivity index (χ1) is 18.0. The highest BCUT2D eigenvalue weighted by molar-refractivity contribution is 7.99. The lowest BCUT2D eigenvalue weighted by Gasteiger charge is -2.29. The van der Waals surface area contributed by atoms with Crippen LogP contribution < -0.4 is 10.2 Å². The van der Waals surface area contributed by atoms with Crippen LogP contribution in [0.5, 0.6) is 0 Å². The van der Waals surface area contributed by atoms with E-state index >= 15 is 0 Å². The Morgan fingerprint density at radius 3 is 2.35 bits per heavy atom. The number of carbonyl (C=O) groups excluding carboxylic acids is 1. The Kier molecular flexibility index (Phi) is 9.66. The number of nitrogens with zero attached hydrogens (tertiary/aromatic N) is 1. The van der Waals surface area contributed by atoms with E-state index in [1.54, 1.807) is 11.8 Å². The lowest BCUT2D eigenvalue weighted by Crippen LogP contribution is -2.46. The predicted octanol–water partition coefficient (Wildman–Crippen LogP) is 7.51. The molecule has 3 aromatic rings. The normalized spacial score (nSPS) is 14.6. The standard InChI is InChI=1S/C31H36N2O3S/c1-2-29(30(34)35)24-16-18-27(19-17-24)37-28-15-9-14-26(22-28)33(21-20-23-10-5-3-6-11-23)31(36)32-25-12-7-4-8-13-25/h3,5-6,9-11,14-19,22,25,29H,2,4,7-8,12-13,20-21H2,1H3,(H,32,36)(H,34,35). The molecule has 0 radical (unpaired) electrons. The van der Waals surface area contributed by atoms with Crippen molar-refractivity contribution in [3.8, 4) is 0 Å². The molecule has 1 fully saturated rings. The van der Waals surface area contributed by atoms with Crippen molar-refractivity contribution in [3.63, 3.8) is 0 Å². The van der Waals surface area contributed by atoms with Crippen molar-refractivity contribution in [3.05, 3.63) is 90.0 Å². The van der Waals surface area contributed by atoms with E-state index in [1.165, 1.54) is 24.8 Å². The summed E-state index contributed by atoms with van der Waals surface area (Å²) in [6.07, 6.45) is 7.03. The second kappa shape index (κ2) is 13.3. The van der Waals surface area contributed by atoms with Crippen LogP contribution in [-0.4, -0.2) is 29.7 Å². The number of benzene rings is 3. The first kappa shape index (κ1) is 26.8. The van der Waals surface area contributed by atoms with E-state index < -0.39 is 11.9 Å². The van der Waals surface area contributed by atoms with Gasteiger partial charge in [0.15, 0.2) is 0 Å². The van der Waals surface area contributed by atoms with Crippen LogP contribution in [0.25, 0.3) is 0 Å². The van der Waals surface area contributed by atoms with Crippen molar-refractivity contribution >= 4 is 29.4 Å². The fraction of sp³-hybridized carbons (Fsp3) is 0.355. The number of amides is 2. The average molecular weight is 517 g/mol. The molecule has 0 spiro atoms. The van der Waals surface area contributed by atoms with E-state index in [-0.39, 0.29) is 12.1 Å². The topological polar surface area (TPSA) is 69.6 Å². The number of hydrogen-bond donors (Lipinski definition) is 2. The van der Waals surface area contributed by atoms with Crippen molar-refractivity contribution in [2.24, 2.45) is 0 Å². The number of carboxylic acid groups (broad SMARTS) is 1. The van der Waals surface area contributed by atoms with Gasteiger partial charge in [-0.05, 0) is 67.1 Å². The van der Waals surface area contributed by atoms with E-state index in [2.05, 4.69) is 23.5 Å². The fourth-order valence-electron chi connectivity index (χ4n) is 4.90. The van der Waals surface area contributed by atoms with E-state index in [9.17, 15) is 14.7 Å².